The molecule has 4 nitrogen and oxygen atoms in total. The average molecular weight is 401 g/mol. The largest absolute Gasteiger partial charge is 0.327 e. The van der Waals surface area contributed by atoms with Gasteiger partial charge in [0.05, 0.1) is 17.4 Å². The number of imide groups is 1. The van der Waals surface area contributed by atoms with Gasteiger partial charge >= 0.3 is 6.03 Å². The summed E-state index contributed by atoms with van der Waals surface area (Å²) in [6, 6.07) is 19.0. The summed E-state index contributed by atoms with van der Waals surface area (Å²) in [7, 11) is 0. The monoisotopic (exact) mass is 400 g/mol. The fraction of sp³-hybridized carbons (Fsp3) is 0.300. The van der Waals surface area contributed by atoms with Gasteiger partial charge in [-0.2, -0.15) is 0 Å². The van der Waals surface area contributed by atoms with E-state index in [1.54, 1.807) is 0 Å². The van der Waals surface area contributed by atoms with Crippen molar-refractivity contribution in [3.63, 3.8) is 0 Å². The lowest BCUT2D eigenvalue weighted by Gasteiger charge is -2.28. The maximum absolute atomic E-state index is 13.1. The van der Waals surface area contributed by atoms with Crippen LogP contribution in [0.15, 0.2) is 60.7 Å². The Bertz CT molecular complexity index is 736. The van der Waals surface area contributed by atoms with Crippen molar-refractivity contribution in [1.82, 2.24) is 9.80 Å². The Labute approximate surface area is 156 Å². The number of benzene rings is 2. The summed E-state index contributed by atoms with van der Waals surface area (Å²) in [4.78, 5) is 28.9. The Kier molecular flexibility index (Phi) is 5.53. The molecule has 5 heteroatoms. The highest BCUT2D eigenvalue weighted by atomic mass is 79.9. The van der Waals surface area contributed by atoms with E-state index in [0.29, 0.717) is 6.54 Å². The van der Waals surface area contributed by atoms with Gasteiger partial charge in [0.25, 0.3) is 0 Å². The number of carbonyl (C=O) groups is 2. The van der Waals surface area contributed by atoms with Crippen LogP contribution in [0.1, 0.15) is 36.6 Å². The van der Waals surface area contributed by atoms with E-state index in [4.69, 9.17) is 0 Å². The highest BCUT2D eigenvalue weighted by molar-refractivity contribution is 9.09. The van der Waals surface area contributed by atoms with Crippen LogP contribution in [0.25, 0.3) is 0 Å². The van der Waals surface area contributed by atoms with Crippen LogP contribution in [-0.2, 0) is 4.79 Å². The minimum atomic E-state index is -0.326. The van der Waals surface area contributed by atoms with E-state index in [-0.39, 0.29) is 29.4 Å². The van der Waals surface area contributed by atoms with Gasteiger partial charge in [0, 0.05) is 6.54 Å². The second-order valence-electron chi connectivity index (χ2n) is 6.08. The van der Waals surface area contributed by atoms with E-state index in [2.05, 4.69) is 15.9 Å². The number of alkyl halides is 1. The normalized spacial score (nSPS) is 20.2. The Hall–Kier alpha value is -2.14. The number of carbonyl (C=O) groups excluding carboxylic acids is 2. The zero-order valence-corrected chi connectivity index (χ0v) is 15.7. The quantitative estimate of drug-likeness (QED) is 0.691. The van der Waals surface area contributed by atoms with Crippen LogP contribution in [-0.4, -0.2) is 33.6 Å². The first kappa shape index (κ1) is 17.7. The third kappa shape index (κ3) is 3.33. The molecular formula is C20H21BrN2O2. The van der Waals surface area contributed by atoms with Crippen molar-refractivity contribution in [1.29, 1.82) is 0 Å². The lowest BCUT2D eigenvalue weighted by Crippen LogP contribution is -2.38. The molecule has 0 radical (unpaired) electrons. The van der Waals surface area contributed by atoms with E-state index < -0.39 is 0 Å². The first-order valence-electron chi connectivity index (χ1n) is 8.47. The van der Waals surface area contributed by atoms with Gasteiger partial charge in [-0.15, -0.1) is 0 Å². The fourth-order valence-corrected chi connectivity index (χ4v) is 3.75. The molecule has 2 aromatic rings. The molecular weight excluding hydrogens is 380 g/mol. The van der Waals surface area contributed by atoms with Crippen LogP contribution in [0.4, 0.5) is 4.79 Å². The van der Waals surface area contributed by atoms with E-state index in [1.807, 2.05) is 72.5 Å². The second kappa shape index (κ2) is 7.83. The minimum absolute atomic E-state index is 0.129. The number of hydrogen-bond donors (Lipinski definition) is 0. The number of halogens is 1. The first-order chi connectivity index (χ1) is 12.2. The Morgan fingerprint density at radius 2 is 1.48 bits per heavy atom. The molecule has 1 saturated heterocycles. The van der Waals surface area contributed by atoms with Crippen molar-refractivity contribution in [3.8, 4) is 0 Å². The highest BCUT2D eigenvalue weighted by Gasteiger charge is 2.49. The minimum Gasteiger partial charge on any atom is -0.315 e. The maximum atomic E-state index is 13.1. The third-order valence-electron chi connectivity index (χ3n) is 4.49. The molecule has 0 spiro atoms. The number of amides is 3. The van der Waals surface area contributed by atoms with Crippen molar-refractivity contribution < 1.29 is 9.59 Å². The molecule has 0 bridgehead atoms. The molecule has 1 heterocycles. The summed E-state index contributed by atoms with van der Waals surface area (Å²) in [6.07, 6.45) is 0.840. The van der Waals surface area contributed by atoms with Crippen LogP contribution >= 0.6 is 15.9 Å². The maximum Gasteiger partial charge on any atom is 0.327 e. The molecule has 0 aliphatic carbocycles. The lowest BCUT2D eigenvalue weighted by atomic mass is 9.93. The number of nitrogens with zero attached hydrogens (tertiary/aromatic N) is 2. The van der Waals surface area contributed by atoms with E-state index in [9.17, 15) is 9.59 Å². The van der Waals surface area contributed by atoms with Gasteiger partial charge in [-0.25, -0.2) is 4.79 Å². The Balaban J connectivity index is 2.14. The summed E-state index contributed by atoms with van der Waals surface area (Å²) in [5, 5.41) is 0.129. The van der Waals surface area contributed by atoms with E-state index in [1.165, 1.54) is 4.90 Å². The molecule has 1 fully saturated rings. The molecule has 1 aliphatic heterocycles. The molecule has 2 atom stereocenters. The average Bonchev–Trinajstić information content (AvgIpc) is 2.95. The number of hydrogen-bond acceptors (Lipinski definition) is 2. The van der Waals surface area contributed by atoms with Gasteiger partial charge in [-0.1, -0.05) is 83.5 Å². The molecule has 25 heavy (non-hydrogen) atoms. The first-order valence-corrected chi connectivity index (χ1v) is 9.59. The highest BCUT2D eigenvalue weighted by Crippen LogP contribution is 2.45. The van der Waals surface area contributed by atoms with Crippen molar-refractivity contribution in [2.75, 3.05) is 11.9 Å². The summed E-state index contributed by atoms with van der Waals surface area (Å²) in [5.74, 6) is -0.210. The molecule has 3 amide bonds. The van der Waals surface area contributed by atoms with Gasteiger partial charge in [0.1, 0.15) is 0 Å². The fourth-order valence-electron chi connectivity index (χ4n) is 3.48. The smallest absolute Gasteiger partial charge is 0.315 e. The SMILES string of the molecule is CCCN1C(=O)N(C(=O)CBr)[C@@H](c2ccccc2)[C@@H]1c1ccccc1. The molecule has 3 rings (SSSR count). The predicted octanol–water partition coefficient (Wildman–Crippen LogP) is 4.54. The molecule has 0 N–H and O–H groups in total. The van der Waals surface area contributed by atoms with Gasteiger partial charge < -0.3 is 4.90 Å². The zero-order valence-electron chi connectivity index (χ0n) is 14.1. The third-order valence-corrected chi connectivity index (χ3v) is 4.97. The summed E-state index contributed by atoms with van der Waals surface area (Å²) in [5.41, 5.74) is 2.01. The molecule has 130 valence electrons. The van der Waals surface area contributed by atoms with Gasteiger partial charge in [-0.3, -0.25) is 9.69 Å². The van der Waals surface area contributed by atoms with Crippen LogP contribution in [0.5, 0.6) is 0 Å². The van der Waals surface area contributed by atoms with E-state index >= 15 is 0 Å². The van der Waals surface area contributed by atoms with Gasteiger partial charge in [0.2, 0.25) is 5.91 Å². The van der Waals surface area contributed by atoms with Crippen molar-refractivity contribution in [2.45, 2.75) is 25.4 Å². The van der Waals surface area contributed by atoms with Crippen LogP contribution in [0.3, 0.4) is 0 Å². The lowest BCUT2D eigenvalue weighted by molar-refractivity contribution is -0.126. The second-order valence-corrected chi connectivity index (χ2v) is 6.65. The zero-order chi connectivity index (χ0) is 17.8. The van der Waals surface area contributed by atoms with Crippen molar-refractivity contribution in [2.24, 2.45) is 0 Å². The van der Waals surface area contributed by atoms with Crippen molar-refractivity contribution >= 4 is 27.9 Å². The Morgan fingerprint density at radius 1 is 0.960 bits per heavy atom. The van der Waals surface area contributed by atoms with Crippen LogP contribution in [0, 0.1) is 0 Å². The molecule has 1 aliphatic rings. The van der Waals surface area contributed by atoms with Crippen LogP contribution in [0.2, 0.25) is 0 Å². The summed E-state index contributed by atoms with van der Waals surface area (Å²) < 4.78 is 0. The number of urea groups is 1. The number of rotatable bonds is 5. The topological polar surface area (TPSA) is 40.6 Å². The summed E-state index contributed by atoms with van der Waals surface area (Å²) >= 11 is 3.23. The van der Waals surface area contributed by atoms with Gasteiger partial charge in [0.15, 0.2) is 0 Å². The Morgan fingerprint density at radius 3 is 1.96 bits per heavy atom. The standard InChI is InChI=1S/C20H21BrN2O2/c1-2-13-22-18(15-9-5-3-6-10-15)19(16-11-7-4-8-12-16)23(20(22)25)17(24)14-21/h3-12,18-19H,2,13-14H2,1H3/t18-,19-/m0/s1. The van der Waals surface area contributed by atoms with E-state index in [0.717, 1.165) is 17.5 Å². The van der Waals surface area contributed by atoms with Crippen LogP contribution < -0.4 is 0 Å². The molecule has 2 aromatic carbocycles. The predicted molar refractivity (Wildman–Crippen MR) is 101 cm³/mol. The van der Waals surface area contributed by atoms with Crippen molar-refractivity contribution in [3.05, 3.63) is 71.8 Å². The summed E-state index contributed by atoms with van der Waals surface area (Å²) in [6.45, 7) is 2.66. The molecule has 0 saturated carbocycles. The van der Waals surface area contributed by atoms with Gasteiger partial charge in [-0.05, 0) is 17.5 Å². The molecule has 0 aromatic heterocycles. The molecule has 0 unspecified atom stereocenters.